The smallest absolute Gasteiger partial charge is 0.317 e. The molecule has 2 aromatic heterocycles. The van der Waals surface area contributed by atoms with E-state index in [-0.39, 0.29) is 11.9 Å². The molecule has 3 rings (SSSR count). The van der Waals surface area contributed by atoms with Gasteiger partial charge in [0.15, 0.2) is 0 Å². The lowest BCUT2D eigenvalue weighted by molar-refractivity contribution is 0.0532. The van der Waals surface area contributed by atoms with Crippen LogP contribution in [0.25, 0.3) is 0 Å². The second kappa shape index (κ2) is 7.65. The number of piperidine rings is 1. The van der Waals surface area contributed by atoms with Crippen LogP contribution in [-0.2, 0) is 13.6 Å². The predicted molar refractivity (Wildman–Crippen MR) is 93.7 cm³/mol. The molecule has 0 radical (unpaired) electrons. The van der Waals surface area contributed by atoms with Crippen LogP contribution in [0.1, 0.15) is 35.9 Å². The molecule has 1 saturated heterocycles. The summed E-state index contributed by atoms with van der Waals surface area (Å²) in [5.74, 6) is 0.655. The van der Waals surface area contributed by atoms with Crippen molar-refractivity contribution in [2.75, 3.05) is 13.1 Å². The number of carbonyl (C=O) groups is 1. The maximum atomic E-state index is 12.5. The Bertz CT molecular complexity index is 730. The maximum absolute atomic E-state index is 12.5. The van der Waals surface area contributed by atoms with Gasteiger partial charge in [-0.05, 0) is 37.0 Å². The standard InChI is InChI=1S/C18H25N5O2/c1-13-10-19-6-5-14(13)11-21-18(25)23-8-3-4-15(12-23)16(24)17-20-7-9-22(17)2/h5-7,9-10,15-16,24H,3-4,8,11-12H2,1-2H3,(H,21,25). The summed E-state index contributed by atoms with van der Waals surface area (Å²) in [5, 5.41) is 13.6. The van der Waals surface area contributed by atoms with E-state index in [2.05, 4.69) is 15.3 Å². The fourth-order valence-corrected chi connectivity index (χ4v) is 3.31. The average molecular weight is 343 g/mol. The van der Waals surface area contributed by atoms with Crippen LogP contribution in [0.3, 0.4) is 0 Å². The SMILES string of the molecule is Cc1cnccc1CNC(=O)N1CCCC(C(O)c2nccn2C)C1. The maximum Gasteiger partial charge on any atom is 0.317 e. The van der Waals surface area contributed by atoms with Crippen molar-refractivity contribution in [3.8, 4) is 0 Å². The number of amides is 2. The molecule has 1 aliphatic heterocycles. The molecule has 0 spiro atoms. The van der Waals surface area contributed by atoms with Crippen molar-refractivity contribution in [3.05, 3.63) is 47.8 Å². The van der Waals surface area contributed by atoms with Crippen LogP contribution in [-0.4, -0.2) is 43.7 Å². The third-order valence-corrected chi connectivity index (χ3v) is 4.88. The number of aromatic nitrogens is 3. The summed E-state index contributed by atoms with van der Waals surface area (Å²) in [6.07, 6.45) is 8.15. The van der Waals surface area contributed by atoms with Gasteiger partial charge < -0.3 is 19.9 Å². The van der Waals surface area contributed by atoms with E-state index in [1.165, 1.54) is 0 Å². The largest absolute Gasteiger partial charge is 0.385 e. The molecule has 1 fully saturated rings. The Morgan fingerprint density at radius 2 is 2.32 bits per heavy atom. The third-order valence-electron chi connectivity index (χ3n) is 4.88. The predicted octanol–water partition coefficient (Wildman–Crippen LogP) is 1.78. The molecule has 2 N–H and O–H groups in total. The molecule has 3 heterocycles. The van der Waals surface area contributed by atoms with Crippen LogP contribution in [0.2, 0.25) is 0 Å². The molecule has 1 aliphatic rings. The number of imidazole rings is 1. The number of pyridine rings is 1. The van der Waals surface area contributed by atoms with Gasteiger partial charge in [-0.2, -0.15) is 0 Å². The molecule has 25 heavy (non-hydrogen) atoms. The molecule has 2 unspecified atom stereocenters. The van der Waals surface area contributed by atoms with Gasteiger partial charge in [-0.3, -0.25) is 4.98 Å². The molecule has 2 atom stereocenters. The molecule has 0 aromatic carbocycles. The Morgan fingerprint density at radius 1 is 1.48 bits per heavy atom. The normalized spacial score (nSPS) is 18.8. The van der Waals surface area contributed by atoms with Crippen molar-refractivity contribution in [1.29, 1.82) is 0 Å². The molecule has 2 aromatic rings. The van der Waals surface area contributed by atoms with Gasteiger partial charge in [0.05, 0.1) is 0 Å². The molecule has 0 saturated carbocycles. The zero-order valence-corrected chi connectivity index (χ0v) is 14.7. The monoisotopic (exact) mass is 343 g/mol. The average Bonchev–Trinajstić information content (AvgIpc) is 3.06. The van der Waals surface area contributed by atoms with E-state index < -0.39 is 6.10 Å². The number of hydrogen-bond acceptors (Lipinski definition) is 4. The fraction of sp³-hybridized carbons (Fsp3) is 0.500. The first-order valence-electron chi connectivity index (χ1n) is 8.64. The van der Waals surface area contributed by atoms with E-state index in [4.69, 9.17) is 0 Å². The molecular formula is C18H25N5O2. The van der Waals surface area contributed by atoms with Crippen molar-refractivity contribution in [1.82, 2.24) is 24.8 Å². The summed E-state index contributed by atoms with van der Waals surface area (Å²) in [4.78, 5) is 22.6. The summed E-state index contributed by atoms with van der Waals surface area (Å²) < 4.78 is 1.83. The minimum Gasteiger partial charge on any atom is -0.385 e. The number of nitrogens with zero attached hydrogens (tertiary/aromatic N) is 4. The highest BCUT2D eigenvalue weighted by molar-refractivity contribution is 5.74. The highest BCUT2D eigenvalue weighted by Gasteiger charge is 2.31. The van der Waals surface area contributed by atoms with E-state index in [0.717, 1.165) is 24.0 Å². The summed E-state index contributed by atoms with van der Waals surface area (Å²) in [6, 6.07) is 1.83. The zero-order valence-electron chi connectivity index (χ0n) is 14.7. The number of rotatable bonds is 4. The van der Waals surface area contributed by atoms with Crippen LogP contribution < -0.4 is 5.32 Å². The Labute approximate surface area is 147 Å². The van der Waals surface area contributed by atoms with E-state index in [1.54, 1.807) is 23.5 Å². The van der Waals surface area contributed by atoms with Gasteiger partial charge in [0.2, 0.25) is 0 Å². The summed E-state index contributed by atoms with van der Waals surface area (Å²) >= 11 is 0. The van der Waals surface area contributed by atoms with Crippen LogP contribution in [0, 0.1) is 12.8 Å². The number of aliphatic hydroxyl groups excluding tert-OH is 1. The lowest BCUT2D eigenvalue weighted by Crippen LogP contribution is -2.46. The van der Waals surface area contributed by atoms with Gasteiger partial charge in [0.1, 0.15) is 11.9 Å². The lowest BCUT2D eigenvalue weighted by Gasteiger charge is -2.34. The number of nitrogens with one attached hydrogen (secondary N) is 1. The van der Waals surface area contributed by atoms with Crippen LogP contribution in [0.4, 0.5) is 4.79 Å². The highest BCUT2D eigenvalue weighted by Crippen LogP contribution is 2.28. The Balaban J connectivity index is 1.58. The van der Waals surface area contributed by atoms with Crippen molar-refractivity contribution in [3.63, 3.8) is 0 Å². The van der Waals surface area contributed by atoms with E-state index in [1.807, 2.05) is 30.8 Å². The number of hydrogen-bond donors (Lipinski definition) is 2. The minimum absolute atomic E-state index is 0.00302. The first-order valence-corrected chi connectivity index (χ1v) is 8.64. The van der Waals surface area contributed by atoms with Gasteiger partial charge in [0, 0.05) is 57.4 Å². The lowest BCUT2D eigenvalue weighted by atomic mass is 9.92. The van der Waals surface area contributed by atoms with Crippen molar-refractivity contribution in [2.24, 2.45) is 13.0 Å². The van der Waals surface area contributed by atoms with Gasteiger partial charge in [-0.25, -0.2) is 9.78 Å². The van der Waals surface area contributed by atoms with Gasteiger partial charge >= 0.3 is 6.03 Å². The minimum atomic E-state index is -0.655. The molecule has 134 valence electrons. The second-order valence-electron chi connectivity index (χ2n) is 6.65. The van der Waals surface area contributed by atoms with Crippen molar-refractivity contribution in [2.45, 2.75) is 32.4 Å². The van der Waals surface area contributed by atoms with Crippen LogP contribution in [0.15, 0.2) is 30.9 Å². The number of likely N-dealkylation sites (tertiary alicyclic amines) is 1. The number of aryl methyl sites for hydroxylation is 2. The van der Waals surface area contributed by atoms with Crippen molar-refractivity contribution >= 4 is 6.03 Å². The topological polar surface area (TPSA) is 83.3 Å². The molecule has 0 aliphatic carbocycles. The van der Waals surface area contributed by atoms with Crippen LogP contribution in [0.5, 0.6) is 0 Å². The first kappa shape index (κ1) is 17.4. The fourth-order valence-electron chi connectivity index (χ4n) is 3.31. The quantitative estimate of drug-likeness (QED) is 0.886. The third kappa shape index (κ3) is 3.99. The van der Waals surface area contributed by atoms with Crippen LogP contribution >= 0.6 is 0 Å². The first-order chi connectivity index (χ1) is 12.1. The number of aliphatic hydroxyl groups is 1. The molecule has 0 bridgehead atoms. The molecule has 7 heteroatoms. The Hall–Kier alpha value is -2.41. The molecular weight excluding hydrogens is 318 g/mol. The van der Waals surface area contributed by atoms with E-state index in [9.17, 15) is 9.90 Å². The van der Waals surface area contributed by atoms with Gasteiger partial charge in [-0.1, -0.05) is 0 Å². The Morgan fingerprint density at radius 3 is 3.04 bits per heavy atom. The molecule has 2 amide bonds. The van der Waals surface area contributed by atoms with E-state index >= 15 is 0 Å². The summed E-state index contributed by atoms with van der Waals surface area (Å²) in [5.41, 5.74) is 2.12. The summed E-state index contributed by atoms with van der Waals surface area (Å²) in [6.45, 7) is 3.71. The number of carbonyl (C=O) groups excluding carboxylic acids is 1. The van der Waals surface area contributed by atoms with Gasteiger partial charge in [0.25, 0.3) is 0 Å². The highest BCUT2D eigenvalue weighted by atomic mass is 16.3. The van der Waals surface area contributed by atoms with Crippen molar-refractivity contribution < 1.29 is 9.90 Å². The Kier molecular flexibility index (Phi) is 5.33. The van der Waals surface area contributed by atoms with E-state index in [0.29, 0.717) is 25.5 Å². The second-order valence-corrected chi connectivity index (χ2v) is 6.65. The summed E-state index contributed by atoms with van der Waals surface area (Å²) in [7, 11) is 1.87. The zero-order chi connectivity index (χ0) is 17.8. The molecule has 7 nitrogen and oxygen atoms in total. The number of urea groups is 1. The van der Waals surface area contributed by atoms with Gasteiger partial charge in [-0.15, -0.1) is 0 Å².